The maximum Gasteiger partial charge on any atom is 0.315 e. The second-order valence-corrected chi connectivity index (χ2v) is 6.37. The second kappa shape index (κ2) is 7.04. The van der Waals surface area contributed by atoms with Gasteiger partial charge in [-0.25, -0.2) is 9.78 Å². The summed E-state index contributed by atoms with van der Waals surface area (Å²) < 4.78 is 0. The number of carbonyl (C=O) groups is 1. The number of nitrogens with zero attached hydrogens (tertiary/aromatic N) is 1. The number of rotatable bonds is 5. The molecule has 3 N–H and O–H groups in total. The fourth-order valence-electron chi connectivity index (χ4n) is 2.59. The molecule has 5 nitrogen and oxygen atoms in total. The van der Waals surface area contributed by atoms with Crippen molar-refractivity contribution in [2.45, 2.75) is 57.1 Å². The number of hydrogen-bond acceptors (Lipinski definition) is 4. The summed E-state index contributed by atoms with van der Waals surface area (Å²) in [6.07, 6.45) is 7.34. The Bertz CT molecular complexity index is 416. The van der Waals surface area contributed by atoms with Crippen LogP contribution in [0.1, 0.15) is 56.5 Å². The Morgan fingerprint density at radius 2 is 2.25 bits per heavy atom. The second-order valence-electron chi connectivity index (χ2n) is 5.44. The number of nitrogens with one attached hydrogen (secondary N) is 2. The van der Waals surface area contributed by atoms with Crippen LogP contribution in [0.25, 0.3) is 0 Å². The molecule has 1 aliphatic carbocycles. The molecule has 20 heavy (non-hydrogen) atoms. The molecule has 1 aromatic rings. The van der Waals surface area contributed by atoms with Crippen molar-refractivity contribution >= 4 is 17.4 Å². The van der Waals surface area contributed by atoms with Gasteiger partial charge in [-0.15, -0.1) is 11.3 Å². The van der Waals surface area contributed by atoms with E-state index >= 15 is 0 Å². The molecule has 6 heteroatoms. The Morgan fingerprint density at radius 1 is 1.50 bits per heavy atom. The van der Waals surface area contributed by atoms with Gasteiger partial charge in [-0.05, 0) is 19.3 Å². The molecule has 0 bridgehead atoms. The predicted octanol–water partition coefficient (Wildman–Crippen LogP) is 2.59. The molecule has 2 amide bonds. The molecule has 1 heterocycles. The van der Waals surface area contributed by atoms with Crippen molar-refractivity contribution in [3.05, 3.63) is 16.6 Å². The normalized spacial score (nSPS) is 19.3. The van der Waals surface area contributed by atoms with Gasteiger partial charge in [-0.2, -0.15) is 0 Å². The average Bonchev–Trinajstić information content (AvgIpc) is 2.97. The third kappa shape index (κ3) is 4.18. The molecular weight excluding hydrogens is 274 g/mol. The van der Waals surface area contributed by atoms with E-state index in [-0.39, 0.29) is 12.1 Å². The Hall–Kier alpha value is -1.14. The quantitative estimate of drug-likeness (QED) is 0.782. The molecule has 0 saturated heterocycles. The van der Waals surface area contributed by atoms with Gasteiger partial charge < -0.3 is 15.7 Å². The Labute approximate surface area is 123 Å². The molecule has 112 valence electrons. The van der Waals surface area contributed by atoms with E-state index in [1.54, 1.807) is 6.20 Å². The van der Waals surface area contributed by atoms with Crippen molar-refractivity contribution in [1.29, 1.82) is 0 Å². The number of hydrogen-bond donors (Lipinski definition) is 3. The third-order valence-corrected chi connectivity index (χ3v) is 4.71. The van der Waals surface area contributed by atoms with Crippen molar-refractivity contribution in [1.82, 2.24) is 15.6 Å². The predicted molar refractivity (Wildman–Crippen MR) is 79.7 cm³/mol. The minimum atomic E-state index is -0.724. The van der Waals surface area contributed by atoms with Gasteiger partial charge >= 0.3 is 6.03 Å². The molecule has 0 radical (unpaired) electrons. The summed E-state index contributed by atoms with van der Waals surface area (Å²) in [7, 11) is 0. The highest BCUT2D eigenvalue weighted by Crippen LogP contribution is 2.27. The highest BCUT2D eigenvalue weighted by Gasteiger charge is 2.29. The van der Waals surface area contributed by atoms with Crippen LogP contribution >= 0.6 is 11.3 Å². The topological polar surface area (TPSA) is 74.2 Å². The van der Waals surface area contributed by atoms with E-state index in [1.807, 2.05) is 12.3 Å². The van der Waals surface area contributed by atoms with Gasteiger partial charge in [0.2, 0.25) is 0 Å². The van der Waals surface area contributed by atoms with E-state index < -0.39 is 5.60 Å². The van der Waals surface area contributed by atoms with Gasteiger partial charge in [-0.3, -0.25) is 0 Å². The molecular formula is C14H23N3O2S. The largest absolute Gasteiger partial charge is 0.388 e. The number of urea groups is 1. The number of amides is 2. The van der Waals surface area contributed by atoms with E-state index in [9.17, 15) is 9.90 Å². The summed E-state index contributed by atoms with van der Waals surface area (Å²) in [6, 6.07) is -0.290. The number of carbonyl (C=O) groups excluding carboxylic acids is 1. The smallest absolute Gasteiger partial charge is 0.315 e. The van der Waals surface area contributed by atoms with Crippen molar-refractivity contribution in [3.8, 4) is 0 Å². The van der Waals surface area contributed by atoms with Gasteiger partial charge in [0.1, 0.15) is 5.01 Å². The molecule has 1 unspecified atom stereocenters. The SMILES string of the molecule is CCC(NC(=O)NCC1(O)CCCCC1)c1nccs1. The van der Waals surface area contributed by atoms with Crippen LogP contribution in [-0.2, 0) is 0 Å². The summed E-state index contributed by atoms with van der Waals surface area (Å²) in [6.45, 7) is 2.34. The lowest BCUT2D eigenvalue weighted by molar-refractivity contribution is 0.00712. The maximum atomic E-state index is 11.9. The molecule has 0 aliphatic heterocycles. The lowest BCUT2D eigenvalue weighted by Crippen LogP contribution is -2.47. The summed E-state index contributed by atoms with van der Waals surface area (Å²) >= 11 is 1.54. The zero-order valence-corrected chi connectivity index (χ0v) is 12.7. The zero-order valence-electron chi connectivity index (χ0n) is 11.9. The molecule has 1 saturated carbocycles. The Morgan fingerprint density at radius 3 is 2.85 bits per heavy atom. The van der Waals surface area contributed by atoms with Crippen molar-refractivity contribution in [3.63, 3.8) is 0 Å². The zero-order chi connectivity index (χ0) is 14.4. The number of aliphatic hydroxyl groups is 1. The van der Waals surface area contributed by atoms with Gasteiger partial charge in [0.25, 0.3) is 0 Å². The Kier molecular flexibility index (Phi) is 5.37. The van der Waals surface area contributed by atoms with E-state index in [4.69, 9.17) is 0 Å². The lowest BCUT2D eigenvalue weighted by Gasteiger charge is -2.32. The third-order valence-electron chi connectivity index (χ3n) is 3.83. The van der Waals surface area contributed by atoms with E-state index in [1.165, 1.54) is 17.8 Å². The highest BCUT2D eigenvalue weighted by atomic mass is 32.1. The van der Waals surface area contributed by atoms with Gasteiger partial charge in [0.05, 0.1) is 11.6 Å². The van der Waals surface area contributed by atoms with Crippen LogP contribution in [0.5, 0.6) is 0 Å². The first-order valence-corrected chi connectivity index (χ1v) is 8.17. The van der Waals surface area contributed by atoms with Gasteiger partial charge in [-0.1, -0.05) is 26.2 Å². The fourth-order valence-corrected chi connectivity index (χ4v) is 3.36. The summed E-state index contributed by atoms with van der Waals surface area (Å²) in [5.74, 6) is 0. The van der Waals surface area contributed by atoms with E-state index in [2.05, 4.69) is 15.6 Å². The molecule has 0 spiro atoms. The fraction of sp³-hybridized carbons (Fsp3) is 0.714. The monoisotopic (exact) mass is 297 g/mol. The molecule has 1 fully saturated rings. The van der Waals surface area contributed by atoms with E-state index in [0.29, 0.717) is 6.54 Å². The van der Waals surface area contributed by atoms with Crippen molar-refractivity contribution in [2.24, 2.45) is 0 Å². The van der Waals surface area contributed by atoms with Gasteiger partial charge in [0.15, 0.2) is 0 Å². The minimum Gasteiger partial charge on any atom is -0.388 e. The number of aromatic nitrogens is 1. The standard InChI is InChI=1S/C14H23N3O2S/c1-2-11(12-15-8-9-20-12)17-13(18)16-10-14(19)6-4-3-5-7-14/h8-9,11,19H,2-7,10H2,1H3,(H2,16,17,18). The first-order chi connectivity index (χ1) is 9.63. The summed E-state index contributed by atoms with van der Waals surface area (Å²) in [5, 5.41) is 18.9. The van der Waals surface area contributed by atoms with E-state index in [0.717, 1.165) is 37.1 Å². The van der Waals surface area contributed by atoms with Crippen LogP contribution < -0.4 is 10.6 Å². The molecule has 1 atom stereocenters. The maximum absolute atomic E-state index is 11.9. The Balaban J connectivity index is 1.79. The molecule has 0 aromatic carbocycles. The van der Waals surface area contributed by atoms with Crippen LogP contribution in [0, 0.1) is 0 Å². The first kappa shape index (κ1) is 15.3. The summed E-state index contributed by atoms with van der Waals surface area (Å²) in [5.41, 5.74) is -0.724. The lowest BCUT2D eigenvalue weighted by atomic mass is 9.85. The van der Waals surface area contributed by atoms with Crippen LogP contribution in [0.2, 0.25) is 0 Å². The van der Waals surface area contributed by atoms with Crippen molar-refractivity contribution in [2.75, 3.05) is 6.54 Å². The molecule has 2 rings (SSSR count). The average molecular weight is 297 g/mol. The minimum absolute atomic E-state index is 0.0593. The van der Waals surface area contributed by atoms with Crippen LogP contribution in [-0.4, -0.2) is 28.3 Å². The summed E-state index contributed by atoms with van der Waals surface area (Å²) in [4.78, 5) is 16.2. The van der Waals surface area contributed by atoms with Crippen LogP contribution in [0.3, 0.4) is 0 Å². The highest BCUT2D eigenvalue weighted by molar-refractivity contribution is 7.09. The first-order valence-electron chi connectivity index (χ1n) is 7.29. The molecule has 1 aromatic heterocycles. The van der Waals surface area contributed by atoms with Crippen LogP contribution in [0.4, 0.5) is 4.79 Å². The molecule has 1 aliphatic rings. The van der Waals surface area contributed by atoms with Crippen molar-refractivity contribution < 1.29 is 9.90 Å². The van der Waals surface area contributed by atoms with Crippen LogP contribution in [0.15, 0.2) is 11.6 Å². The number of thiazole rings is 1. The van der Waals surface area contributed by atoms with Gasteiger partial charge in [0, 0.05) is 18.1 Å².